The summed E-state index contributed by atoms with van der Waals surface area (Å²) in [7, 11) is 0. The van der Waals surface area contributed by atoms with Crippen molar-refractivity contribution in [2.75, 3.05) is 5.32 Å². The van der Waals surface area contributed by atoms with E-state index in [1.54, 1.807) is 36.9 Å². The first-order chi connectivity index (χ1) is 10.8. The van der Waals surface area contributed by atoms with Crippen LogP contribution in [0.25, 0.3) is 0 Å². The first kappa shape index (κ1) is 17.0. The van der Waals surface area contributed by atoms with E-state index < -0.39 is 5.54 Å². The lowest BCUT2D eigenvalue weighted by molar-refractivity contribution is -0.123. The van der Waals surface area contributed by atoms with Gasteiger partial charge in [0, 0.05) is 6.20 Å². The molecule has 1 aromatic carbocycles. The van der Waals surface area contributed by atoms with Crippen LogP contribution >= 0.6 is 11.6 Å². The summed E-state index contributed by atoms with van der Waals surface area (Å²) in [5, 5.41) is 16.3. The molecule has 0 radical (unpaired) electrons. The highest BCUT2D eigenvalue weighted by Crippen LogP contribution is 2.26. The highest BCUT2D eigenvalue weighted by atomic mass is 35.5. The molecule has 23 heavy (non-hydrogen) atoms. The number of halogens is 1. The van der Waals surface area contributed by atoms with Crippen molar-refractivity contribution in [3.8, 4) is 6.07 Å². The number of carbonyl (C=O) groups excluding carboxylic acids is 1. The Hall–Kier alpha value is -2.32. The minimum atomic E-state index is -0.871. The molecule has 120 valence electrons. The van der Waals surface area contributed by atoms with Gasteiger partial charge in [-0.25, -0.2) is 0 Å². The molecule has 1 aromatic heterocycles. The van der Waals surface area contributed by atoms with E-state index in [9.17, 15) is 4.79 Å². The molecule has 0 spiro atoms. The van der Waals surface area contributed by atoms with Crippen LogP contribution in [0.15, 0.2) is 30.6 Å². The molecule has 2 rings (SSSR count). The number of rotatable bonds is 4. The highest BCUT2D eigenvalue weighted by molar-refractivity contribution is 6.33. The summed E-state index contributed by atoms with van der Waals surface area (Å²) in [5.74, 6) is 0.109. The zero-order valence-electron chi connectivity index (χ0n) is 13.6. The molecule has 1 N–H and O–H groups in total. The number of anilines is 1. The van der Waals surface area contributed by atoms with E-state index in [4.69, 9.17) is 16.9 Å². The molecule has 0 bridgehead atoms. The van der Waals surface area contributed by atoms with Crippen LogP contribution in [0.4, 0.5) is 5.69 Å². The van der Waals surface area contributed by atoms with Gasteiger partial charge in [-0.15, -0.1) is 0 Å². The van der Waals surface area contributed by atoms with Crippen molar-refractivity contribution in [2.45, 2.75) is 39.2 Å². The third-order valence-corrected chi connectivity index (χ3v) is 4.06. The smallest absolute Gasteiger partial charge is 0.251 e. The number of hydrogen-bond acceptors (Lipinski definition) is 3. The molecule has 0 saturated heterocycles. The predicted octanol–water partition coefficient (Wildman–Crippen LogP) is 3.91. The molecule has 0 saturated carbocycles. The van der Waals surface area contributed by atoms with Gasteiger partial charge in [0.15, 0.2) is 0 Å². The van der Waals surface area contributed by atoms with Gasteiger partial charge in [-0.2, -0.15) is 10.4 Å². The lowest BCUT2D eigenvalue weighted by Gasteiger charge is -2.24. The van der Waals surface area contributed by atoms with Crippen molar-refractivity contribution in [3.63, 3.8) is 0 Å². The molecule has 1 heterocycles. The van der Waals surface area contributed by atoms with Crippen LogP contribution in [0.1, 0.15) is 44.7 Å². The Morgan fingerprint density at radius 1 is 1.43 bits per heavy atom. The van der Waals surface area contributed by atoms with Gasteiger partial charge in [0.05, 0.1) is 28.5 Å². The fraction of sp³-hybridized carbons (Fsp3) is 0.353. The average Bonchev–Trinajstić information content (AvgIpc) is 3.00. The molecule has 0 aliphatic carbocycles. The van der Waals surface area contributed by atoms with Gasteiger partial charge < -0.3 is 5.32 Å². The number of benzene rings is 1. The second-order valence-electron chi connectivity index (χ2n) is 6.19. The molecule has 6 heteroatoms. The van der Waals surface area contributed by atoms with Gasteiger partial charge in [-0.1, -0.05) is 25.4 Å². The summed E-state index contributed by atoms with van der Waals surface area (Å²) < 4.78 is 1.65. The molecular formula is C17H19ClN4O. The monoisotopic (exact) mass is 330 g/mol. The zero-order chi connectivity index (χ0) is 17.2. The lowest BCUT2D eigenvalue weighted by atomic mass is 10.0. The summed E-state index contributed by atoms with van der Waals surface area (Å²) in [5.41, 5.74) is 1.12. The maximum absolute atomic E-state index is 12.6. The predicted molar refractivity (Wildman–Crippen MR) is 90.4 cm³/mol. The van der Waals surface area contributed by atoms with Gasteiger partial charge in [0.2, 0.25) is 0 Å². The fourth-order valence-electron chi connectivity index (χ4n) is 2.01. The van der Waals surface area contributed by atoms with E-state index in [0.29, 0.717) is 22.2 Å². The van der Waals surface area contributed by atoms with Crippen LogP contribution in [-0.4, -0.2) is 15.7 Å². The SMILES string of the molecule is CC(C)c1cnn(C(C)(C)C(=O)Nc2ccc(C#N)cc2Cl)c1. The van der Waals surface area contributed by atoms with Crippen LogP contribution in [-0.2, 0) is 10.3 Å². The van der Waals surface area contributed by atoms with Gasteiger partial charge in [0.25, 0.3) is 5.91 Å². The van der Waals surface area contributed by atoms with Gasteiger partial charge in [-0.3, -0.25) is 9.48 Å². The number of nitrogens with one attached hydrogen (secondary N) is 1. The first-order valence-corrected chi connectivity index (χ1v) is 7.69. The summed E-state index contributed by atoms with van der Waals surface area (Å²) in [4.78, 5) is 12.6. The largest absolute Gasteiger partial charge is 0.323 e. The Labute approximate surface area is 140 Å². The summed E-state index contributed by atoms with van der Waals surface area (Å²) in [6, 6.07) is 6.76. The van der Waals surface area contributed by atoms with Crippen molar-refractivity contribution in [1.29, 1.82) is 5.26 Å². The number of amides is 1. The molecule has 0 fully saturated rings. The quantitative estimate of drug-likeness (QED) is 0.924. The summed E-state index contributed by atoms with van der Waals surface area (Å²) in [6.45, 7) is 7.73. The van der Waals surface area contributed by atoms with E-state index in [1.165, 1.54) is 6.07 Å². The average molecular weight is 331 g/mol. The van der Waals surface area contributed by atoms with Crippen molar-refractivity contribution in [3.05, 3.63) is 46.7 Å². The van der Waals surface area contributed by atoms with Crippen molar-refractivity contribution >= 4 is 23.2 Å². The maximum atomic E-state index is 12.6. The Morgan fingerprint density at radius 3 is 2.65 bits per heavy atom. The number of nitrogens with zero attached hydrogens (tertiary/aromatic N) is 3. The van der Waals surface area contributed by atoms with Crippen LogP contribution in [0.3, 0.4) is 0 Å². The highest BCUT2D eigenvalue weighted by Gasteiger charge is 2.31. The summed E-state index contributed by atoms with van der Waals surface area (Å²) >= 11 is 6.11. The van der Waals surface area contributed by atoms with Crippen molar-refractivity contribution in [2.24, 2.45) is 0 Å². The van der Waals surface area contributed by atoms with E-state index in [-0.39, 0.29) is 5.91 Å². The third-order valence-electron chi connectivity index (χ3n) is 3.74. The van der Waals surface area contributed by atoms with Crippen LogP contribution < -0.4 is 5.32 Å². The second kappa shape index (κ2) is 6.43. The Balaban J connectivity index is 2.23. The maximum Gasteiger partial charge on any atom is 0.251 e. The van der Waals surface area contributed by atoms with E-state index in [0.717, 1.165) is 5.56 Å². The molecule has 0 atom stereocenters. The number of carbonyl (C=O) groups is 1. The van der Waals surface area contributed by atoms with E-state index >= 15 is 0 Å². The van der Waals surface area contributed by atoms with Gasteiger partial charge in [-0.05, 0) is 43.5 Å². The molecule has 0 aliphatic rings. The topological polar surface area (TPSA) is 70.7 Å². The summed E-state index contributed by atoms with van der Waals surface area (Å²) in [6.07, 6.45) is 3.65. The van der Waals surface area contributed by atoms with Crippen LogP contribution in [0, 0.1) is 11.3 Å². The molecular weight excluding hydrogens is 312 g/mol. The van der Waals surface area contributed by atoms with Crippen molar-refractivity contribution in [1.82, 2.24) is 9.78 Å². The number of aromatic nitrogens is 2. The second-order valence-corrected chi connectivity index (χ2v) is 6.60. The number of nitriles is 1. The Kier molecular flexibility index (Phi) is 4.76. The number of hydrogen-bond donors (Lipinski definition) is 1. The molecule has 0 unspecified atom stereocenters. The van der Waals surface area contributed by atoms with Gasteiger partial charge >= 0.3 is 0 Å². The fourth-order valence-corrected chi connectivity index (χ4v) is 2.23. The third kappa shape index (κ3) is 3.54. The molecule has 0 aliphatic heterocycles. The zero-order valence-corrected chi connectivity index (χ0v) is 14.3. The minimum absolute atomic E-state index is 0.234. The van der Waals surface area contributed by atoms with Crippen molar-refractivity contribution < 1.29 is 4.79 Å². The Morgan fingerprint density at radius 2 is 2.13 bits per heavy atom. The van der Waals surface area contributed by atoms with Crippen LogP contribution in [0.5, 0.6) is 0 Å². The molecule has 2 aromatic rings. The van der Waals surface area contributed by atoms with Gasteiger partial charge in [0.1, 0.15) is 5.54 Å². The van der Waals surface area contributed by atoms with E-state index in [1.807, 2.05) is 12.3 Å². The first-order valence-electron chi connectivity index (χ1n) is 7.32. The van der Waals surface area contributed by atoms with Crippen LogP contribution in [0.2, 0.25) is 5.02 Å². The Bertz CT molecular complexity index is 771. The molecule has 1 amide bonds. The minimum Gasteiger partial charge on any atom is -0.323 e. The lowest BCUT2D eigenvalue weighted by Crippen LogP contribution is -2.40. The standard InChI is InChI=1S/C17H19ClN4O/c1-11(2)13-9-20-22(10-13)17(3,4)16(23)21-15-6-5-12(8-19)7-14(15)18/h5-7,9-11H,1-4H3,(H,21,23). The van der Waals surface area contributed by atoms with E-state index in [2.05, 4.69) is 24.3 Å². The normalized spacial score (nSPS) is 11.3. The molecule has 5 nitrogen and oxygen atoms in total.